The predicted octanol–water partition coefficient (Wildman–Crippen LogP) is 2.92. The number of pyridine rings is 1. The van der Waals surface area contributed by atoms with Crippen molar-refractivity contribution in [1.29, 1.82) is 0 Å². The van der Waals surface area contributed by atoms with Crippen LogP contribution in [0.4, 0.5) is 4.79 Å². The molecule has 142 valence electrons. The molecule has 6 nitrogen and oxygen atoms in total. The van der Waals surface area contributed by atoms with E-state index in [9.17, 15) is 9.59 Å². The second kappa shape index (κ2) is 7.35. The van der Waals surface area contributed by atoms with Gasteiger partial charge in [-0.15, -0.1) is 0 Å². The molecule has 0 radical (unpaired) electrons. The van der Waals surface area contributed by atoms with Crippen LogP contribution in [0.5, 0.6) is 0 Å². The Bertz CT molecular complexity index is 669. The van der Waals surface area contributed by atoms with Crippen molar-refractivity contribution in [2.45, 2.75) is 64.6 Å². The Morgan fingerprint density at radius 1 is 1.23 bits per heavy atom. The highest BCUT2D eigenvalue weighted by Crippen LogP contribution is 2.33. The van der Waals surface area contributed by atoms with Crippen LogP contribution in [0.15, 0.2) is 18.2 Å². The van der Waals surface area contributed by atoms with Gasteiger partial charge in [-0.05, 0) is 52.7 Å². The zero-order valence-electron chi connectivity index (χ0n) is 16.0. The quantitative estimate of drug-likeness (QED) is 0.829. The Balaban J connectivity index is 1.67. The van der Waals surface area contributed by atoms with Crippen LogP contribution in [0.2, 0.25) is 0 Å². The van der Waals surface area contributed by atoms with E-state index in [2.05, 4.69) is 4.98 Å². The summed E-state index contributed by atoms with van der Waals surface area (Å²) < 4.78 is 11.2. The molecule has 2 atom stereocenters. The Kier molecular flexibility index (Phi) is 5.32. The molecule has 3 heterocycles. The fraction of sp³-hybridized carbons (Fsp3) is 0.650. The summed E-state index contributed by atoms with van der Waals surface area (Å²) in [5.74, 6) is 0.138. The van der Waals surface area contributed by atoms with Crippen LogP contribution >= 0.6 is 0 Å². The maximum Gasteiger partial charge on any atom is 0.410 e. The third-order valence-electron chi connectivity index (χ3n) is 4.88. The molecule has 2 bridgehead atoms. The van der Waals surface area contributed by atoms with E-state index >= 15 is 0 Å². The lowest BCUT2D eigenvalue weighted by atomic mass is 9.81. The Morgan fingerprint density at radius 3 is 2.46 bits per heavy atom. The van der Waals surface area contributed by atoms with Gasteiger partial charge in [-0.2, -0.15) is 0 Å². The van der Waals surface area contributed by atoms with Crippen LogP contribution < -0.4 is 0 Å². The summed E-state index contributed by atoms with van der Waals surface area (Å²) in [4.78, 5) is 31.6. The Morgan fingerprint density at radius 2 is 1.88 bits per heavy atom. The van der Waals surface area contributed by atoms with Gasteiger partial charge in [0.1, 0.15) is 11.4 Å². The molecule has 0 spiro atoms. The van der Waals surface area contributed by atoms with Gasteiger partial charge in [-0.25, -0.2) is 4.79 Å². The second-order valence-corrected chi connectivity index (χ2v) is 8.31. The molecule has 0 aromatic carbocycles. The number of nitrogens with zero attached hydrogens (tertiary/aromatic N) is 2. The normalized spacial score (nSPS) is 25.7. The summed E-state index contributed by atoms with van der Waals surface area (Å²) in [7, 11) is 0. The van der Waals surface area contributed by atoms with E-state index in [0.717, 1.165) is 11.4 Å². The van der Waals surface area contributed by atoms with Crippen LogP contribution in [0.25, 0.3) is 0 Å². The van der Waals surface area contributed by atoms with Crippen molar-refractivity contribution in [1.82, 2.24) is 9.88 Å². The largest absolute Gasteiger partial charge is 0.444 e. The number of amides is 1. The number of ketones is 1. The average molecular weight is 360 g/mol. The maximum absolute atomic E-state index is 12.8. The minimum Gasteiger partial charge on any atom is -0.444 e. The molecule has 2 aliphatic rings. The number of carbonyl (C=O) groups is 2. The van der Waals surface area contributed by atoms with Crippen LogP contribution in [0, 0.1) is 12.8 Å². The summed E-state index contributed by atoms with van der Waals surface area (Å²) in [6, 6.07) is 5.55. The summed E-state index contributed by atoms with van der Waals surface area (Å²) in [6.45, 7) is 8.44. The molecule has 0 saturated carbocycles. The first-order valence-electron chi connectivity index (χ1n) is 9.27. The third-order valence-corrected chi connectivity index (χ3v) is 4.88. The smallest absolute Gasteiger partial charge is 0.410 e. The zero-order valence-corrected chi connectivity index (χ0v) is 16.0. The van der Waals surface area contributed by atoms with Crippen molar-refractivity contribution in [3.63, 3.8) is 0 Å². The van der Waals surface area contributed by atoms with Gasteiger partial charge in [0.2, 0.25) is 0 Å². The molecular weight excluding hydrogens is 332 g/mol. The third kappa shape index (κ3) is 4.41. The minimum atomic E-state index is -0.532. The van der Waals surface area contributed by atoms with E-state index < -0.39 is 5.60 Å². The summed E-state index contributed by atoms with van der Waals surface area (Å²) >= 11 is 0. The van der Waals surface area contributed by atoms with Crippen LogP contribution in [0.3, 0.4) is 0 Å². The van der Waals surface area contributed by atoms with Gasteiger partial charge in [0.25, 0.3) is 0 Å². The number of ether oxygens (including phenoxy) is 2. The number of morpholine rings is 1. The number of hydrogen-bond acceptors (Lipinski definition) is 5. The molecule has 2 aliphatic heterocycles. The van der Waals surface area contributed by atoms with Crippen molar-refractivity contribution < 1.29 is 19.1 Å². The molecule has 2 saturated heterocycles. The first-order chi connectivity index (χ1) is 12.2. The second-order valence-electron chi connectivity index (χ2n) is 8.31. The van der Waals surface area contributed by atoms with Gasteiger partial charge in [-0.1, -0.05) is 6.07 Å². The Labute approximate surface area is 154 Å². The van der Waals surface area contributed by atoms with Gasteiger partial charge in [-0.3, -0.25) is 14.7 Å². The summed E-state index contributed by atoms with van der Waals surface area (Å²) in [5, 5.41) is 0. The molecule has 1 amide bonds. The maximum atomic E-state index is 12.8. The highest BCUT2D eigenvalue weighted by molar-refractivity contribution is 5.83. The zero-order chi connectivity index (χ0) is 18.9. The Hall–Kier alpha value is -1.95. The molecule has 2 unspecified atom stereocenters. The van der Waals surface area contributed by atoms with Gasteiger partial charge in [0.15, 0.2) is 0 Å². The van der Waals surface area contributed by atoms with Crippen molar-refractivity contribution in [3.05, 3.63) is 29.6 Å². The van der Waals surface area contributed by atoms with E-state index in [4.69, 9.17) is 9.47 Å². The van der Waals surface area contributed by atoms with Crippen molar-refractivity contribution >= 4 is 11.9 Å². The number of aromatic nitrogens is 1. The van der Waals surface area contributed by atoms with Crippen molar-refractivity contribution in [2.24, 2.45) is 5.92 Å². The number of rotatable bonds is 3. The van der Waals surface area contributed by atoms with E-state index in [1.54, 1.807) is 4.90 Å². The molecule has 1 aromatic rings. The molecule has 6 heteroatoms. The first kappa shape index (κ1) is 18.8. The van der Waals surface area contributed by atoms with Crippen molar-refractivity contribution in [3.8, 4) is 0 Å². The predicted molar refractivity (Wildman–Crippen MR) is 96.9 cm³/mol. The van der Waals surface area contributed by atoms with Gasteiger partial charge in [0, 0.05) is 23.7 Å². The van der Waals surface area contributed by atoms with Gasteiger partial charge < -0.3 is 9.47 Å². The highest BCUT2D eigenvalue weighted by Gasteiger charge is 2.44. The summed E-state index contributed by atoms with van der Waals surface area (Å²) in [6.07, 6.45) is 1.29. The number of fused-ring (bicyclic) bond motifs is 2. The van der Waals surface area contributed by atoms with Gasteiger partial charge in [0.05, 0.1) is 25.3 Å². The SMILES string of the molecule is Cc1cccc(CC(=O)C2CC3COCC(C2)N3C(=O)OC(C)(C)C)n1. The van der Waals surface area contributed by atoms with Crippen molar-refractivity contribution in [2.75, 3.05) is 13.2 Å². The monoisotopic (exact) mass is 360 g/mol. The lowest BCUT2D eigenvalue weighted by Crippen LogP contribution is -2.60. The number of aryl methyl sites for hydroxylation is 1. The van der Waals surface area contributed by atoms with E-state index in [-0.39, 0.29) is 29.9 Å². The minimum absolute atomic E-state index is 0.0603. The molecule has 1 aromatic heterocycles. The number of Topliss-reactive ketones (excluding diaryl/α,β-unsaturated/α-hetero) is 1. The lowest BCUT2D eigenvalue weighted by Gasteiger charge is -2.47. The lowest BCUT2D eigenvalue weighted by molar-refractivity contribution is -0.131. The number of piperidine rings is 1. The molecule has 2 fully saturated rings. The number of hydrogen-bond donors (Lipinski definition) is 0. The average Bonchev–Trinajstić information content (AvgIpc) is 2.51. The van der Waals surface area contributed by atoms with Crippen LogP contribution in [-0.4, -0.2) is 52.7 Å². The number of carbonyl (C=O) groups excluding carboxylic acids is 2. The molecule has 26 heavy (non-hydrogen) atoms. The van der Waals surface area contributed by atoms with Crippen LogP contribution in [-0.2, 0) is 20.7 Å². The highest BCUT2D eigenvalue weighted by atomic mass is 16.6. The van der Waals surface area contributed by atoms with Crippen LogP contribution in [0.1, 0.15) is 45.0 Å². The van der Waals surface area contributed by atoms with E-state index in [1.165, 1.54) is 0 Å². The fourth-order valence-corrected chi connectivity index (χ4v) is 3.81. The molecule has 0 N–H and O–H groups in total. The van der Waals surface area contributed by atoms with E-state index in [1.807, 2.05) is 45.9 Å². The van der Waals surface area contributed by atoms with E-state index in [0.29, 0.717) is 32.5 Å². The summed E-state index contributed by atoms with van der Waals surface area (Å²) in [5.41, 5.74) is 1.20. The molecule has 3 rings (SSSR count). The topological polar surface area (TPSA) is 68.7 Å². The molecular formula is C20H28N2O4. The first-order valence-corrected chi connectivity index (χ1v) is 9.27. The van der Waals surface area contributed by atoms with Gasteiger partial charge >= 0.3 is 6.09 Å². The standard InChI is InChI=1S/C20H28N2O4/c1-13-6-5-7-15(21-13)10-18(23)14-8-16-11-25-12-17(9-14)22(16)19(24)26-20(2,3)4/h5-7,14,16-17H,8-12H2,1-4H3. The fourth-order valence-electron chi connectivity index (χ4n) is 3.81. The molecule has 0 aliphatic carbocycles.